The number of hydrogen-bond donors (Lipinski definition) is 2. The van der Waals surface area contributed by atoms with Crippen molar-refractivity contribution < 1.29 is 9.90 Å². The third-order valence-electron chi connectivity index (χ3n) is 3.31. The largest absolute Gasteiger partial charge is 0.481 e. The van der Waals surface area contributed by atoms with Crippen LogP contribution in [0.25, 0.3) is 0 Å². The zero-order chi connectivity index (χ0) is 13.6. The maximum absolute atomic E-state index is 11.6. The van der Waals surface area contributed by atoms with Gasteiger partial charge in [0.1, 0.15) is 5.41 Å². The van der Waals surface area contributed by atoms with Crippen LogP contribution in [0.2, 0.25) is 0 Å². The first kappa shape index (κ1) is 15.1. The summed E-state index contributed by atoms with van der Waals surface area (Å²) in [7, 11) is 0. The minimum atomic E-state index is -0.941. The second kappa shape index (κ2) is 6.81. The number of aliphatic carboxylic acids is 1. The lowest BCUT2D eigenvalue weighted by Gasteiger charge is -2.28. The lowest BCUT2D eigenvalue weighted by Crippen LogP contribution is -2.43. The zero-order valence-corrected chi connectivity index (χ0v) is 11.8. The molecule has 0 saturated carbocycles. The molecular weight excluding hydrogens is 246 g/mol. The van der Waals surface area contributed by atoms with Crippen LogP contribution in [0.15, 0.2) is 24.3 Å². The molecule has 18 heavy (non-hydrogen) atoms. The van der Waals surface area contributed by atoms with Crippen molar-refractivity contribution in [2.24, 2.45) is 5.73 Å². The van der Waals surface area contributed by atoms with Crippen LogP contribution in [0.4, 0.5) is 0 Å². The van der Waals surface area contributed by atoms with E-state index >= 15 is 0 Å². The fraction of sp³-hybridized carbons (Fsp3) is 0.500. The van der Waals surface area contributed by atoms with E-state index in [0.717, 1.165) is 23.3 Å². The van der Waals surface area contributed by atoms with Crippen LogP contribution in [0.3, 0.4) is 0 Å². The molecule has 0 aliphatic rings. The normalized spacial score (nSPS) is 14.2. The van der Waals surface area contributed by atoms with E-state index in [1.165, 1.54) is 0 Å². The van der Waals surface area contributed by atoms with Crippen molar-refractivity contribution in [2.75, 3.05) is 18.6 Å². The van der Waals surface area contributed by atoms with Crippen molar-refractivity contribution in [3.05, 3.63) is 35.4 Å². The summed E-state index contributed by atoms with van der Waals surface area (Å²) in [4.78, 5) is 11.6. The Labute approximate surface area is 113 Å². The van der Waals surface area contributed by atoms with Gasteiger partial charge in [0.05, 0.1) is 0 Å². The molecule has 3 nitrogen and oxygen atoms in total. The van der Waals surface area contributed by atoms with Gasteiger partial charge < -0.3 is 10.8 Å². The number of carboxylic acid groups (broad SMARTS) is 1. The predicted molar refractivity (Wildman–Crippen MR) is 77.2 cm³/mol. The fourth-order valence-electron chi connectivity index (χ4n) is 2.07. The van der Waals surface area contributed by atoms with Crippen LogP contribution >= 0.6 is 11.8 Å². The van der Waals surface area contributed by atoms with Crippen LogP contribution in [0.1, 0.15) is 24.0 Å². The number of carbonyl (C=O) groups is 1. The van der Waals surface area contributed by atoms with Gasteiger partial charge in [-0.1, -0.05) is 29.8 Å². The van der Waals surface area contributed by atoms with Gasteiger partial charge in [-0.05, 0) is 37.3 Å². The van der Waals surface area contributed by atoms with Crippen LogP contribution in [-0.4, -0.2) is 29.6 Å². The average Bonchev–Trinajstić information content (AvgIpc) is 2.36. The molecule has 4 heteroatoms. The van der Waals surface area contributed by atoms with Gasteiger partial charge in [-0.2, -0.15) is 11.8 Å². The van der Waals surface area contributed by atoms with Crippen molar-refractivity contribution in [2.45, 2.75) is 25.2 Å². The SMILES string of the molecule is CSCCCC(CN)(C(=O)O)c1ccc(C)cc1. The average molecular weight is 267 g/mol. The lowest BCUT2D eigenvalue weighted by molar-refractivity contribution is -0.143. The number of thioether (sulfide) groups is 1. The van der Waals surface area contributed by atoms with Crippen LogP contribution in [0.5, 0.6) is 0 Å². The van der Waals surface area contributed by atoms with Gasteiger partial charge in [0.15, 0.2) is 0 Å². The third kappa shape index (κ3) is 3.27. The molecule has 1 atom stereocenters. The van der Waals surface area contributed by atoms with Crippen molar-refractivity contribution in [1.29, 1.82) is 0 Å². The maximum atomic E-state index is 11.6. The van der Waals surface area contributed by atoms with Gasteiger partial charge in [-0.3, -0.25) is 4.79 Å². The summed E-state index contributed by atoms with van der Waals surface area (Å²) in [6.07, 6.45) is 3.47. The van der Waals surface area contributed by atoms with Crippen molar-refractivity contribution in [1.82, 2.24) is 0 Å². The highest BCUT2D eigenvalue weighted by Crippen LogP contribution is 2.30. The molecule has 0 saturated heterocycles. The topological polar surface area (TPSA) is 63.3 Å². The summed E-state index contributed by atoms with van der Waals surface area (Å²) in [6.45, 7) is 2.13. The van der Waals surface area contributed by atoms with Gasteiger partial charge in [0, 0.05) is 6.54 Å². The quantitative estimate of drug-likeness (QED) is 0.745. The zero-order valence-electron chi connectivity index (χ0n) is 11.0. The summed E-state index contributed by atoms with van der Waals surface area (Å²) in [5, 5.41) is 9.56. The summed E-state index contributed by atoms with van der Waals surface area (Å²) in [5.41, 5.74) is 6.77. The van der Waals surface area contributed by atoms with Gasteiger partial charge in [-0.25, -0.2) is 0 Å². The van der Waals surface area contributed by atoms with Crippen molar-refractivity contribution >= 4 is 17.7 Å². The molecule has 0 spiro atoms. The Morgan fingerprint density at radius 1 is 1.39 bits per heavy atom. The second-order valence-electron chi connectivity index (χ2n) is 4.55. The minimum absolute atomic E-state index is 0.139. The fourth-order valence-corrected chi connectivity index (χ4v) is 2.51. The molecule has 1 aromatic carbocycles. The summed E-state index contributed by atoms with van der Waals surface area (Å²) in [6, 6.07) is 7.65. The molecule has 100 valence electrons. The van der Waals surface area contributed by atoms with E-state index in [-0.39, 0.29) is 6.54 Å². The van der Waals surface area contributed by atoms with Crippen LogP contribution < -0.4 is 5.73 Å². The van der Waals surface area contributed by atoms with Gasteiger partial charge in [-0.15, -0.1) is 0 Å². The number of hydrogen-bond acceptors (Lipinski definition) is 3. The highest BCUT2D eigenvalue weighted by Gasteiger charge is 2.38. The Balaban J connectivity index is 3.02. The molecule has 1 aromatic rings. The number of rotatable bonds is 7. The highest BCUT2D eigenvalue weighted by molar-refractivity contribution is 7.98. The number of benzene rings is 1. The molecule has 0 aliphatic heterocycles. The Morgan fingerprint density at radius 2 is 2.00 bits per heavy atom. The van der Waals surface area contributed by atoms with E-state index < -0.39 is 11.4 Å². The molecule has 1 unspecified atom stereocenters. The molecule has 0 fully saturated rings. The predicted octanol–water partition coefficient (Wildman–Crippen LogP) is 2.42. The summed E-state index contributed by atoms with van der Waals surface area (Å²) in [5.74, 6) is 0.135. The van der Waals surface area contributed by atoms with Gasteiger partial charge in [0.2, 0.25) is 0 Å². The minimum Gasteiger partial charge on any atom is -0.481 e. The van der Waals surface area contributed by atoms with Crippen LogP contribution in [-0.2, 0) is 10.2 Å². The van der Waals surface area contributed by atoms with E-state index in [1.807, 2.05) is 37.4 Å². The number of aryl methyl sites for hydroxylation is 1. The van der Waals surface area contributed by atoms with E-state index in [0.29, 0.717) is 6.42 Å². The Morgan fingerprint density at radius 3 is 2.44 bits per heavy atom. The Hall–Kier alpha value is -1.00. The molecule has 1 rings (SSSR count). The second-order valence-corrected chi connectivity index (χ2v) is 5.54. The van der Waals surface area contributed by atoms with Crippen molar-refractivity contribution in [3.63, 3.8) is 0 Å². The molecule has 0 aromatic heterocycles. The summed E-state index contributed by atoms with van der Waals surface area (Å²) < 4.78 is 0. The molecule has 0 bridgehead atoms. The lowest BCUT2D eigenvalue weighted by atomic mass is 9.76. The molecule has 0 heterocycles. The van der Waals surface area contributed by atoms with Crippen molar-refractivity contribution in [3.8, 4) is 0 Å². The first-order chi connectivity index (χ1) is 8.56. The Bertz CT molecular complexity index is 391. The highest BCUT2D eigenvalue weighted by atomic mass is 32.2. The van der Waals surface area contributed by atoms with E-state index in [2.05, 4.69) is 0 Å². The molecule has 3 N–H and O–H groups in total. The molecule has 0 amide bonds. The van der Waals surface area contributed by atoms with Gasteiger partial charge in [0.25, 0.3) is 0 Å². The maximum Gasteiger partial charge on any atom is 0.315 e. The summed E-state index contributed by atoms with van der Waals surface area (Å²) >= 11 is 1.73. The molecule has 0 aliphatic carbocycles. The third-order valence-corrected chi connectivity index (χ3v) is 4.01. The number of carboxylic acids is 1. The van der Waals surface area contributed by atoms with Gasteiger partial charge >= 0.3 is 5.97 Å². The first-order valence-corrected chi connectivity index (χ1v) is 7.46. The Kier molecular flexibility index (Phi) is 5.69. The molecule has 0 radical (unpaired) electrons. The van der Waals surface area contributed by atoms with Crippen LogP contribution in [0, 0.1) is 6.92 Å². The van der Waals surface area contributed by atoms with E-state index in [4.69, 9.17) is 5.73 Å². The number of nitrogens with two attached hydrogens (primary N) is 1. The molecular formula is C14H21NO2S. The van der Waals surface area contributed by atoms with E-state index in [1.54, 1.807) is 11.8 Å². The monoisotopic (exact) mass is 267 g/mol. The first-order valence-electron chi connectivity index (χ1n) is 6.06. The standard InChI is InChI=1S/C14H21NO2S/c1-11-4-6-12(7-5-11)14(10-15,13(16)17)8-3-9-18-2/h4-7H,3,8-10,15H2,1-2H3,(H,16,17). The smallest absolute Gasteiger partial charge is 0.315 e. The van der Waals surface area contributed by atoms with E-state index in [9.17, 15) is 9.90 Å².